The average molecular weight is 263 g/mol. The number of rotatable bonds is 7. The monoisotopic (exact) mass is 263 g/mol. The summed E-state index contributed by atoms with van der Waals surface area (Å²) in [6.45, 7) is 4.04. The molecular weight excluding hydrogens is 242 g/mol. The zero-order valence-corrected chi connectivity index (χ0v) is 11.5. The average Bonchev–Trinajstić information content (AvgIpc) is 2.42. The normalized spacial score (nSPS) is 11.9. The molecule has 0 saturated heterocycles. The number of carbonyl (C=O) groups is 2. The van der Waals surface area contributed by atoms with Crippen molar-refractivity contribution in [3.8, 4) is 0 Å². The number of hydrogen-bond acceptors (Lipinski definition) is 2. The Labute approximate surface area is 114 Å². The SMILES string of the molecule is CCC(CC(=O)N(CC)CC(=O)O)c1ccccc1. The van der Waals surface area contributed by atoms with E-state index in [0.717, 1.165) is 12.0 Å². The van der Waals surface area contributed by atoms with Crippen LogP contribution in [0.25, 0.3) is 0 Å². The molecule has 1 aromatic carbocycles. The van der Waals surface area contributed by atoms with Gasteiger partial charge in [-0.25, -0.2) is 0 Å². The summed E-state index contributed by atoms with van der Waals surface area (Å²) in [7, 11) is 0. The van der Waals surface area contributed by atoms with E-state index in [4.69, 9.17) is 5.11 Å². The van der Waals surface area contributed by atoms with Crippen molar-refractivity contribution in [1.82, 2.24) is 4.90 Å². The van der Waals surface area contributed by atoms with Gasteiger partial charge in [-0.15, -0.1) is 0 Å². The number of carboxylic acids is 1. The zero-order valence-electron chi connectivity index (χ0n) is 11.5. The Bertz CT molecular complexity index is 417. The summed E-state index contributed by atoms with van der Waals surface area (Å²) in [5, 5.41) is 8.78. The molecule has 0 radical (unpaired) electrons. The topological polar surface area (TPSA) is 57.6 Å². The molecule has 19 heavy (non-hydrogen) atoms. The molecule has 1 rings (SSSR count). The molecule has 0 saturated carbocycles. The van der Waals surface area contributed by atoms with Crippen LogP contribution in [0.15, 0.2) is 30.3 Å². The number of likely N-dealkylation sites (N-methyl/N-ethyl adjacent to an activating group) is 1. The molecule has 4 heteroatoms. The number of benzene rings is 1. The van der Waals surface area contributed by atoms with Gasteiger partial charge in [0.15, 0.2) is 0 Å². The van der Waals surface area contributed by atoms with E-state index in [1.54, 1.807) is 6.92 Å². The number of amides is 1. The van der Waals surface area contributed by atoms with Crippen LogP contribution in [0.1, 0.15) is 38.2 Å². The molecule has 0 aliphatic carbocycles. The highest BCUT2D eigenvalue weighted by Gasteiger charge is 2.19. The van der Waals surface area contributed by atoms with Gasteiger partial charge in [-0.1, -0.05) is 37.3 Å². The van der Waals surface area contributed by atoms with E-state index in [9.17, 15) is 9.59 Å². The van der Waals surface area contributed by atoms with E-state index in [1.165, 1.54) is 4.90 Å². The number of hydrogen-bond donors (Lipinski definition) is 1. The lowest BCUT2D eigenvalue weighted by Gasteiger charge is -2.22. The predicted octanol–water partition coefficient (Wildman–Crippen LogP) is 2.50. The van der Waals surface area contributed by atoms with E-state index < -0.39 is 5.97 Å². The first-order chi connectivity index (χ1) is 9.08. The quantitative estimate of drug-likeness (QED) is 0.822. The Morgan fingerprint density at radius 3 is 2.32 bits per heavy atom. The molecule has 1 atom stereocenters. The summed E-state index contributed by atoms with van der Waals surface area (Å²) >= 11 is 0. The molecule has 0 heterocycles. The minimum absolute atomic E-state index is 0.0967. The molecule has 0 spiro atoms. The van der Waals surface area contributed by atoms with Gasteiger partial charge in [0.1, 0.15) is 6.54 Å². The summed E-state index contributed by atoms with van der Waals surface area (Å²) in [6, 6.07) is 9.87. The molecule has 104 valence electrons. The first-order valence-corrected chi connectivity index (χ1v) is 6.63. The first-order valence-electron chi connectivity index (χ1n) is 6.63. The first kappa shape index (κ1) is 15.2. The van der Waals surface area contributed by atoms with E-state index in [2.05, 4.69) is 0 Å². The fraction of sp³-hybridized carbons (Fsp3) is 0.467. The third-order valence-corrected chi connectivity index (χ3v) is 3.25. The minimum Gasteiger partial charge on any atom is -0.480 e. The minimum atomic E-state index is -0.969. The van der Waals surface area contributed by atoms with E-state index in [-0.39, 0.29) is 18.4 Å². The van der Waals surface area contributed by atoms with Gasteiger partial charge in [-0.05, 0) is 24.8 Å². The summed E-state index contributed by atoms with van der Waals surface area (Å²) in [5.74, 6) is -0.917. The Morgan fingerprint density at radius 2 is 1.84 bits per heavy atom. The highest BCUT2D eigenvalue weighted by Crippen LogP contribution is 2.23. The lowest BCUT2D eigenvalue weighted by Crippen LogP contribution is -2.36. The summed E-state index contributed by atoms with van der Waals surface area (Å²) in [5.41, 5.74) is 1.13. The van der Waals surface area contributed by atoms with Gasteiger partial charge in [0.25, 0.3) is 0 Å². The van der Waals surface area contributed by atoms with Crippen LogP contribution in [0, 0.1) is 0 Å². The Kier molecular flexibility index (Phi) is 6.06. The van der Waals surface area contributed by atoms with Crippen LogP contribution in [0.2, 0.25) is 0 Å². The van der Waals surface area contributed by atoms with Gasteiger partial charge >= 0.3 is 5.97 Å². The highest BCUT2D eigenvalue weighted by atomic mass is 16.4. The second kappa shape index (κ2) is 7.56. The molecule has 1 amide bonds. The lowest BCUT2D eigenvalue weighted by atomic mass is 9.93. The Balaban J connectivity index is 2.70. The van der Waals surface area contributed by atoms with Crippen molar-refractivity contribution in [1.29, 1.82) is 0 Å². The third kappa shape index (κ3) is 4.73. The van der Waals surface area contributed by atoms with Gasteiger partial charge < -0.3 is 10.0 Å². The fourth-order valence-corrected chi connectivity index (χ4v) is 2.10. The van der Waals surface area contributed by atoms with Crippen molar-refractivity contribution in [2.45, 2.75) is 32.6 Å². The van der Waals surface area contributed by atoms with E-state index >= 15 is 0 Å². The molecule has 1 unspecified atom stereocenters. The standard InChI is InChI=1S/C15H21NO3/c1-3-12(13-8-6-5-7-9-13)10-14(17)16(4-2)11-15(18)19/h5-9,12H,3-4,10-11H2,1-2H3,(H,18,19). The molecule has 0 aliphatic heterocycles. The predicted molar refractivity (Wildman–Crippen MR) is 74.0 cm³/mol. The maximum atomic E-state index is 12.1. The number of carbonyl (C=O) groups excluding carboxylic acids is 1. The largest absolute Gasteiger partial charge is 0.480 e. The van der Waals surface area contributed by atoms with Crippen molar-refractivity contribution in [2.75, 3.05) is 13.1 Å². The molecule has 1 aromatic rings. The molecule has 0 bridgehead atoms. The van der Waals surface area contributed by atoms with Crippen molar-refractivity contribution >= 4 is 11.9 Å². The second-order valence-corrected chi connectivity index (χ2v) is 4.52. The molecular formula is C15H21NO3. The van der Waals surface area contributed by atoms with Crippen molar-refractivity contribution in [3.63, 3.8) is 0 Å². The summed E-state index contributed by atoms with van der Waals surface area (Å²) in [4.78, 5) is 24.2. The van der Waals surface area contributed by atoms with Crippen LogP contribution in [-0.2, 0) is 9.59 Å². The van der Waals surface area contributed by atoms with Gasteiger partial charge in [0, 0.05) is 13.0 Å². The third-order valence-electron chi connectivity index (χ3n) is 3.25. The molecule has 0 aromatic heterocycles. The zero-order chi connectivity index (χ0) is 14.3. The molecule has 0 fully saturated rings. The molecule has 0 aliphatic rings. The van der Waals surface area contributed by atoms with Gasteiger partial charge in [0.2, 0.25) is 5.91 Å². The van der Waals surface area contributed by atoms with Gasteiger partial charge in [-0.2, -0.15) is 0 Å². The number of carboxylic acid groups (broad SMARTS) is 1. The van der Waals surface area contributed by atoms with E-state index in [1.807, 2.05) is 37.3 Å². The number of aliphatic carboxylic acids is 1. The van der Waals surface area contributed by atoms with Crippen molar-refractivity contribution in [3.05, 3.63) is 35.9 Å². The van der Waals surface area contributed by atoms with Crippen LogP contribution in [0.3, 0.4) is 0 Å². The summed E-state index contributed by atoms with van der Waals surface area (Å²) in [6.07, 6.45) is 1.22. The van der Waals surface area contributed by atoms with Crippen molar-refractivity contribution in [2.24, 2.45) is 0 Å². The van der Waals surface area contributed by atoms with Crippen LogP contribution < -0.4 is 0 Å². The second-order valence-electron chi connectivity index (χ2n) is 4.52. The maximum absolute atomic E-state index is 12.1. The maximum Gasteiger partial charge on any atom is 0.323 e. The molecule has 1 N–H and O–H groups in total. The highest BCUT2D eigenvalue weighted by molar-refractivity contribution is 5.81. The van der Waals surface area contributed by atoms with Crippen LogP contribution in [0.4, 0.5) is 0 Å². The number of nitrogens with zero attached hydrogens (tertiary/aromatic N) is 1. The van der Waals surface area contributed by atoms with Crippen LogP contribution >= 0.6 is 0 Å². The van der Waals surface area contributed by atoms with E-state index in [0.29, 0.717) is 13.0 Å². The van der Waals surface area contributed by atoms with Gasteiger partial charge in [-0.3, -0.25) is 9.59 Å². The lowest BCUT2D eigenvalue weighted by molar-refractivity contribution is -0.144. The van der Waals surface area contributed by atoms with Gasteiger partial charge in [0.05, 0.1) is 0 Å². The summed E-state index contributed by atoms with van der Waals surface area (Å²) < 4.78 is 0. The molecule has 4 nitrogen and oxygen atoms in total. The Morgan fingerprint density at radius 1 is 1.21 bits per heavy atom. The van der Waals surface area contributed by atoms with Crippen LogP contribution in [-0.4, -0.2) is 35.0 Å². The smallest absolute Gasteiger partial charge is 0.323 e. The van der Waals surface area contributed by atoms with Crippen molar-refractivity contribution < 1.29 is 14.7 Å². The van der Waals surface area contributed by atoms with Crippen LogP contribution in [0.5, 0.6) is 0 Å². The fourth-order valence-electron chi connectivity index (χ4n) is 2.10. The Hall–Kier alpha value is -1.84.